The van der Waals surface area contributed by atoms with Crippen molar-refractivity contribution in [1.29, 1.82) is 0 Å². The summed E-state index contributed by atoms with van der Waals surface area (Å²) in [4.78, 5) is 28.7. The zero-order valence-electron chi connectivity index (χ0n) is 9.16. The van der Waals surface area contributed by atoms with Crippen molar-refractivity contribution in [3.05, 3.63) is 28.8 Å². The predicted molar refractivity (Wildman–Crippen MR) is 64.4 cm³/mol. The molecule has 0 spiro atoms. The number of nitrogens with one attached hydrogen (secondary N) is 1. The standard InChI is InChI=1S/C11H10N2O4S/c14-10(15)7(11(16)17)3-9-13-8(5-18-9)6-1-2-12-4-6/h1-2,4-5,7,12H,3H2,(H,14,15)(H,16,17). The average Bonchev–Trinajstić information content (AvgIpc) is 2.95. The number of aromatic nitrogens is 2. The maximum atomic E-state index is 10.8. The normalized spacial score (nSPS) is 10.7. The SMILES string of the molecule is O=C(O)C(Cc1nc(-c2cc[nH]c2)cs1)C(=O)O. The second kappa shape index (κ2) is 5.01. The molecule has 0 saturated carbocycles. The number of H-pyrrole nitrogens is 1. The number of hydrogen-bond donors (Lipinski definition) is 3. The van der Waals surface area contributed by atoms with Crippen LogP contribution in [0.1, 0.15) is 5.01 Å². The van der Waals surface area contributed by atoms with E-state index in [0.717, 1.165) is 5.56 Å². The van der Waals surface area contributed by atoms with Gasteiger partial charge in [-0.15, -0.1) is 11.3 Å². The molecule has 7 heteroatoms. The number of rotatable bonds is 5. The highest BCUT2D eigenvalue weighted by atomic mass is 32.1. The maximum absolute atomic E-state index is 10.8. The molecule has 0 bridgehead atoms. The lowest BCUT2D eigenvalue weighted by Crippen LogP contribution is -2.25. The molecule has 0 aliphatic heterocycles. The van der Waals surface area contributed by atoms with Gasteiger partial charge in [0.1, 0.15) is 0 Å². The van der Waals surface area contributed by atoms with Crippen LogP contribution in [0.5, 0.6) is 0 Å². The minimum atomic E-state index is -1.45. The number of carbonyl (C=O) groups is 2. The summed E-state index contributed by atoms with van der Waals surface area (Å²) in [6.45, 7) is 0. The minimum Gasteiger partial charge on any atom is -0.481 e. The third kappa shape index (κ3) is 2.57. The molecule has 0 aliphatic carbocycles. The van der Waals surface area contributed by atoms with E-state index in [2.05, 4.69) is 9.97 Å². The molecule has 2 aromatic heterocycles. The molecule has 18 heavy (non-hydrogen) atoms. The van der Waals surface area contributed by atoms with Crippen LogP contribution in [-0.2, 0) is 16.0 Å². The van der Waals surface area contributed by atoms with E-state index in [1.807, 2.05) is 6.07 Å². The molecule has 94 valence electrons. The van der Waals surface area contributed by atoms with Gasteiger partial charge in [0.2, 0.25) is 0 Å². The molecule has 0 amide bonds. The molecule has 3 N–H and O–H groups in total. The van der Waals surface area contributed by atoms with E-state index in [1.54, 1.807) is 17.8 Å². The lowest BCUT2D eigenvalue weighted by molar-refractivity contribution is -0.154. The van der Waals surface area contributed by atoms with Crippen molar-refractivity contribution in [2.75, 3.05) is 0 Å². The van der Waals surface area contributed by atoms with Gasteiger partial charge >= 0.3 is 11.9 Å². The van der Waals surface area contributed by atoms with Crippen LogP contribution in [0.3, 0.4) is 0 Å². The lowest BCUT2D eigenvalue weighted by Gasteiger charge is -2.03. The van der Waals surface area contributed by atoms with E-state index >= 15 is 0 Å². The van der Waals surface area contributed by atoms with Crippen LogP contribution >= 0.6 is 11.3 Å². The van der Waals surface area contributed by atoms with Gasteiger partial charge in [0.15, 0.2) is 5.92 Å². The summed E-state index contributed by atoms with van der Waals surface area (Å²) in [7, 11) is 0. The highest BCUT2D eigenvalue weighted by molar-refractivity contribution is 7.10. The average molecular weight is 266 g/mol. The lowest BCUT2D eigenvalue weighted by atomic mass is 10.1. The summed E-state index contributed by atoms with van der Waals surface area (Å²) >= 11 is 1.26. The number of thiazole rings is 1. The largest absolute Gasteiger partial charge is 0.481 e. The highest BCUT2D eigenvalue weighted by Crippen LogP contribution is 2.23. The predicted octanol–water partition coefficient (Wildman–Crippen LogP) is 1.47. The van der Waals surface area contributed by atoms with Crippen molar-refractivity contribution in [3.8, 4) is 11.3 Å². The zero-order valence-corrected chi connectivity index (χ0v) is 9.98. The van der Waals surface area contributed by atoms with E-state index in [9.17, 15) is 9.59 Å². The second-order valence-corrected chi connectivity index (χ2v) is 4.60. The first-order chi connectivity index (χ1) is 8.58. The quantitative estimate of drug-likeness (QED) is 0.711. The van der Waals surface area contributed by atoms with Crippen LogP contribution in [0.25, 0.3) is 11.3 Å². The molecule has 0 atom stereocenters. The number of hydrogen-bond acceptors (Lipinski definition) is 4. The molecule has 0 aromatic carbocycles. The maximum Gasteiger partial charge on any atom is 0.318 e. The molecular weight excluding hydrogens is 256 g/mol. The molecule has 0 fully saturated rings. The van der Waals surface area contributed by atoms with Gasteiger partial charge in [-0.1, -0.05) is 0 Å². The Labute approximate surface area is 106 Å². The Morgan fingerprint density at radius 3 is 2.67 bits per heavy atom. The number of aliphatic carboxylic acids is 2. The second-order valence-electron chi connectivity index (χ2n) is 3.66. The minimum absolute atomic E-state index is 0.0975. The monoisotopic (exact) mass is 266 g/mol. The third-order valence-electron chi connectivity index (χ3n) is 2.42. The van der Waals surface area contributed by atoms with Crippen molar-refractivity contribution >= 4 is 23.3 Å². The van der Waals surface area contributed by atoms with E-state index < -0.39 is 17.9 Å². The summed E-state index contributed by atoms with van der Waals surface area (Å²) < 4.78 is 0. The highest BCUT2D eigenvalue weighted by Gasteiger charge is 2.27. The van der Waals surface area contributed by atoms with E-state index in [1.165, 1.54) is 11.3 Å². The van der Waals surface area contributed by atoms with Gasteiger partial charge in [-0.05, 0) is 6.07 Å². The number of aromatic amines is 1. The fourth-order valence-corrected chi connectivity index (χ4v) is 2.33. The van der Waals surface area contributed by atoms with Gasteiger partial charge in [0.25, 0.3) is 0 Å². The third-order valence-corrected chi connectivity index (χ3v) is 3.29. The Kier molecular flexibility index (Phi) is 3.42. The molecular formula is C11H10N2O4S. The van der Waals surface area contributed by atoms with Crippen LogP contribution < -0.4 is 0 Å². The first kappa shape index (κ1) is 12.3. The van der Waals surface area contributed by atoms with Crippen LogP contribution in [0.4, 0.5) is 0 Å². The molecule has 0 saturated heterocycles. The first-order valence-electron chi connectivity index (χ1n) is 5.11. The first-order valence-corrected chi connectivity index (χ1v) is 5.99. The summed E-state index contributed by atoms with van der Waals surface area (Å²) in [5.74, 6) is -4.14. The van der Waals surface area contributed by atoms with Gasteiger partial charge in [0, 0.05) is 29.8 Å². The van der Waals surface area contributed by atoms with Crippen molar-refractivity contribution < 1.29 is 19.8 Å². The van der Waals surface area contributed by atoms with Gasteiger partial charge in [-0.3, -0.25) is 9.59 Å². The number of carboxylic acid groups (broad SMARTS) is 2. The van der Waals surface area contributed by atoms with E-state index in [4.69, 9.17) is 10.2 Å². The Bertz CT molecular complexity index is 547. The fourth-order valence-electron chi connectivity index (χ4n) is 1.48. The molecule has 0 radical (unpaired) electrons. The topological polar surface area (TPSA) is 103 Å². The molecule has 0 unspecified atom stereocenters. The van der Waals surface area contributed by atoms with Crippen molar-refractivity contribution in [3.63, 3.8) is 0 Å². The van der Waals surface area contributed by atoms with Crippen LogP contribution in [0.2, 0.25) is 0 Å². The van der Waals surface area contributed by atoms with E-state index in [-0.39, 0.29) is 6.42 Å². The number of carboxylic acids is 2. The van der Waals surface area contributed by atoms with Crippen molar-refractivity contribution in [2.24, 2.45) is 5.92 Å². The van der Waals surface area contributed by atoms with Crippen LogP contribution in [0, 0.1) is 5.92 Å². The summed E-state index contributed by atoms with van der Waals surface area (Å²) in [6, 6.07) is 1.84. The smallest absolute Gasteiger partial charge is 0.318 e. The Hall–Kier alpha value is -2.15. The van der Waals surface area contributed by atoms with Crippen LogP contribution in [0.15, 0.2) is 23.8 Å². The molecule has 2 heterocycles. The molecule has 2 rings (SSSR count). The Morgan fingerprint density at radius 1 is 1.39 bits per heavy atom. The summed E-state index contributed by atoms with van der Waals surface area (Å²) in [5, 5.41) is 19.9. The molecule has 6 nitrogen and oxygen atoms in total. The Morgan fingerprint density at radius 2 is 2.11 bits per heavy atom. The van der Waals surface area contributed by atoms with Gasteiger partial charge < -0.3 is 15.2 Å². The summed E-state index contributed by atoms with van der Waals surface area (Å²) in [5.41, 5.74) is 1.60. The van der Waals surface area contributed by atoms with E-state index in [0.29, 0.717) is 10.7 Å². The zero-order chi connectivity index (χ0) is 13.1. The van der Waals surface area contributed by atoms with Crippen molar-refractivity contribution in [1.82, 2.24) is 9.97 Å². The van der Waals surface area contributed by atoms with Gasteiger partial charge in [-0.2, -0.15) is 0 Å². The van der Waals surface area contributed by atoms with Crippen LogP contribution in [-0.4, -0.2) is 32.1 Å². The van der Waals surface area contributed by atoms with Gasteiger partial charge in [0.05, 0.1) is 10.7 Å². The Balaban J connectivity index is 2.16. The fraction of sp³-hybridized carbons (Fsp3) is 0.182. The molecule has 2 aromatic rings. The summed E-state index contributed by atoms with van der Waals surface area (Å²) in [6.07, 6.45) is 3.43. The van der Waals surface area contributed by atoms with Crippen molar-refractivity contribution in [2.45, 2.75) is 6.42 Å². The molecule has 0 aliphatic rings. The number of nitrogens with zero attached hydrogens (tertiary/aromatic N) is 1. The van der Waals surface area contributed by atoms with Gasteiger partial charge in [-0.25, -0.2) is 4.98 Å².